The Hall–Kier alpha value is -0.620. The van der Waals surface area contributed by atoms with Gasteiger partial charge in [0.15, 0.2) is 15.6 Å². The van der Waals surface area contributed by atoms with Crippen LogP contribution in [0.3, 0.4) is 0 Å². The number of carbonyl (C=O) groups excluding carboxylic acids is 1. The van der Waals surface area contributed by atoms with Crippen molar-refractivity contribution in [2.24, 2.45) is 0 Å². The number of halogens is 1. The number of alkyl halides is 1. The summed E-state index contributed by atoms with van der Waals surface area (Å²) in [5, 5.41) is 0. The van der Waals surface area contributed by atoms with Crippen molar-refractivity contribution < 1.29 is 17.6 Å². The van der Waals surface area contributed by atoms with E-state index in [1.54, 1.807) is 12.1 Å². The Labute approximate surface area is 160 Å². The molecule has 0 bridgehead atoms. The maximum absolute atomic E-state index is 12.1. The highest BCUT2D eigenvalue weighted by Gasteiger charge is 2.25. The predicted octanol–water partition coefficient (Wildman–Crippen LogP) is 5.56. The maximum Gasteiger partial charge on any atom is 0.212 e. The summed E-state index contributed by atoms with van der Waals surface area (Å²) >= 11 is 3.18. The van der Waals surface area contributed by atoms with Gasteiger partial charge in [-0.1, -0.05) is 80.6 Å². The number of unbranched alkanes of at least 4 members (excludes halogenated alkanes) is 9. The molecule has 0 amide bonds. The van der Waals surface area contributed by atoms with Crippen molar-refractivity contribution >= 4 is 31.6 Å². The minimum atomic E-state index is -3.23. The van der Waals surface area contributed by atoms with Gasteiger partial charge in [-0.15, -0.1) is 0 Å². The molecule has 0 aromatic carbocycles. The Morgan fingerprint density at radius 1 is 1.04 bits per heavy atom. The molecular weight excluding hydrogens is 404 g/mol. The molecule has 6 heteroatoms. The molecule has 0 aliphatic carbocycles. The highest BCUT2D eigenvalue weighted by molar-refractivity contribution is 9.10. The smallest absolute Gasteiger partial charge is 0.212 e. The van der Waals surface area contributed by atoms with Gasteiger partial charge in [0.25, 0.3) is 0 Å². The number of sulfone groups is 1. The highest BCUT2D eigenvalue weighted by atomic mass is 79.9. The molecule has 0 aliphatic heterocycles. The topological polar surface area (TPSA) is 64.3 Å². The van der Waals surface area contributed by atoms with Crippen molar-refractivity contribution in [1.82, 2.24) is 0 Å². The zero-order chi connectivity index (χ0) is 18.5. The Morgan fingerprint density at radius 3 is 2.12 bits per heavy atom. The quantitative estimate of drug-likeness (QED) is 0.206. The van der Waals surface area contributed by atoms with Crippen molar-refractivity contribution in [1.29, 1.82) is 0 Å². The van der Waals surface area contributed by atoms with Gasteiger partial charge in [0, 0.05) is 0 Å². The van der Waals surface area contributed by atoms with Gasteiger partial charge in [0.1, 0.15) is 0 Å². The van der Waals surface area contributed by atoms with Crippen LogP contribution in [0.2, 0.25) is 0 Å². The lowest BCUT2D eigenvalue weighted by Gasteiger charge is -2.08. The fourth-order valence-corrected chi connectivity index (χ4v) is 5.61. The number of carbonyl (C=O) groups is 1. The summed E-state index contributed by atoms with van der Waals surface area (Å²) in [7, 11) is -3.23. The fourth-order valence-electron chi connectivity index (χ4n) is 2.76. The van der Waals surface area contributed by atoms with Crippen LogP contribution in [-0.2, 0) is 9.84 Å². The second-order valence-electron chi connectivity index (χ2n) is 6.61. The zero-order valence-electron chi connectivity index (χ0n) is 15.2. The molecular formula is C19H31BrO4S. The summed E-state index contributed by atoms with van der Waals surface area (Å²) in [6.45, 7) is 2.22. The third kappa shape index (κ3) is 10.2. The molecule has 144 valence electrons. The van der Waals surface area contributed by atoms with Crippen molar-refractivity contribution in [3.05, 3.63) is 24.2 Å². The third-order valence-corrected chi connectivity index (χ3v) is 7.18. The summed E-state index contributed by atoms with van der Waals surface area (Å²) in [4.78, 5) is 11.3. The molecule has 0 fully saturated rings. The lowest BCUT2D eigenvalue weighted by Crippen LogP contribution is -2.25. The molecule has 0 N–H and O–H groups in total. The molecule has 0 aliphatic rings. The van der Waals surface area contributed by atoms with E-state index in [1.165, 1.54) is 51.2 Å². The summed E-state index contributed by atoms with van der Waals surface area (Å²) in [5.41, 5.74) is 0. The largest absolute Gasteiger partial charge is 0.461 e. The Balaban J connectivity index is 2.12. The van der Waals surface area contributed by atoms with Crippen LogP contribution in [0.5, 0.6) is 0 Å². The molecule has 1 atom stereocenters. The van der Waals surface area contributed by atoms with Gasteiger partial charge in [-0.3, -0.25) is 4.79 Å². The Bertz CT molecular complexity index is 566. The van der Waals surface area contributed by atoms with Crippen LogP contribution in [0.1, 0.15) is 81.7 Å². The fraction of sp³-hybridized carbons (Fsp3) is 0.737. The van der Waals surface area contributed by atoms with Crippen LogP contribution in [0.25, 0.3) is 0 Å². The average molecular weight is 435 g/mol. The van der Waals surface area contributed by atoms with Gasteiger partial charge in [0.05, 0.1) is 22.6 Å². The summed E-state index contributed by atoms with van der Waals surface area (Å²) < 4.78 is 29.3. The van der Waals surface area contributed by atoms with E-state index in [-0.39, 0.29) is 23.0 Å². The number of furan rings is 1. The van der Waals surface area contributed by atoms with Crippen LogP contribution in [0.4, 0.5) is 0 Å². The van der Waals surface area contributed by atoms with E-state index in [2.05, 4.69) is 22.9 Å². The minimum Gasteiger partial charge on any atom is -0.461 e. The normalized spacial score (nSPS) is 13.0. The molecule has 1 aromatic rings. The molecule has 25 heavy (non-hydrogen) atoms. The van der Waals surface area contributed by atoms with E-state index in [0.717, 1.165) is 12.8 Å². The van der Waals surface area contributed by atoms with Crippen molar-refractivity contribution in [3.63, 3.8) is 0 Å². The molecule has 0 saturated heterocycles. The second kappa shape index (κ2) is 12.7. The van der Waals surface area contributed by atoms with Crippen LogP contribution in [-0.4, -0.2) is 30.5 Å². The standard InChI is InChI=1S/C19H31BrO4S/c1-2-3-4-5-6-7-8-9-10-11-15-25(22,23)16-17(20)19(21)18-13-12-14-24-18/h12-14,17H,2-11,15-16H2,1H3/t17-/m1/s1. The zero-order valence-corrected chi connectivity index (χ0v) is 17.6. The summed E-state index contributed by atoms with van der Waals surface area (Å²) in [6, 6.07) is 3.16. The van der Waals surface area contributed by atoms with Gasteiger partial charge < -0.3 is 4.42 Å². The van der Waals surface area contributed by atoms with Crippen LogP contribution >= 0.6 is 15.9 Å². The van der Waals surface area contributed by atoms with E-state index in [4.69, 9.17) is 4.42 Å². The van der Waals surface area contributed by atoms with E-state index in [9.17, 15) is 13.2 Å². The molecule has 0 spiro atoms. The maximum atomic E-state index is 12.1. The molecule has 1 aromatic heterocycles. The Morgan fingerprint density at radius 2 is 1.60 bits per heavy atom. The minimum absolute atomic E-state index is 0.150. The van der Waals surface area contributed by atoms with Gasteiger partial charge in [0.2, 0.25) is 5.78 Å². The molecule has 0 unspecified atom stereocenters. The molecule has 0 radical (unpaired) electrons. The molecule has 1 heterocycles. The van der Waals surface area contributed by atoms with Crippen LogP contribution in [0.15, 0.2) is 22.8 Å². The first kappa shape index (κ1) is 22.4. The number of rotatable bonds is 15. The van der Waals surface area contributed by atoms with Crippen molar-refractivity contribution in [2.75, 3.05) is 11.5 Å². The van der Waals surface area contributed by atoms with E-state index in [0.29, 0.717) is 6.42 Å². The average Bonchev–Trinajstić information content (AvgIpc) is 3.09. The number of hydrogen-bond acceptors (Lipinski definition) is 4. The van der Waals surface area contributed by atoms with E-state index >= 15 is 0 Å². The molecule has 4 nitrogen and oxygen atoms in total. The second-order valence-corrected chi connectivity index (χ2v) is 9.94. The summed E-state index contributed by atoms with van der Waals surface area (Å²) in [6.07, 6.45) is 13.1. The van der Waals surface area contributed by atoms with Gasteiger partial charge >= 0.3 is 0 Å². The van der Waals surface area contributed by atoms with Gasteiger partial charge in [-0.2, -0.15) is 0 Å². The monoisotopic (exact) mass is 434 g/mol. The van der Waals surface area contributed by atoms with E-state index < -0.39 is 14.7 Å². The van der Waals surface area contributed by atoms with Crippen molar-refractivity contribution in [2.45, 2.75) is 76.0 Å². The lowest BCUT2D eigenvalue weighted by atomic mass is 10.1. The Kier molecular flexibility index (Phi) is 11.4. The first-order chi connectivity index (χ1) is 12.0. The lowest BCUT2D eigenvalue weighted by molar-refractivity contribution is 0.0970. The SMILES string of the molecule is CCCCCCCCCCCCS(=O)(=O)C[C@@H](Br)C(=O)c1ccco1. The van der Waals surface area contributed by atoms with Gasteiger partial charge in [-0.05, 0) is 18.6 Å². The van der Waals surface area contributed by atoms with Crippen LogP contribution < -0.4 is 0 Å². The first-order valence-electron chi connectivity index (χ1n) is 9.38. The first-order valence-corrected chi connectivity index (χ1v) is 12.1. The van der Waals surface area contributed by atoms with Crippen molar-refractivity contribution in [3.8, 4) is 0 Å². The molecule has 1 rings (SSSR count). The van der Waals surface area contributed by atoms with Crippen LogP contribution in [0, 0.1) is 0 Å². The highest BCUT2D eigenvalue weighted by Crippen LogP contribution is 2.15. The number of Topliss-reactive ketones (excluding diaryl/α,β-unsaturated/α-hetero) is 1. The van der Waals surface area contributed by atoms with E-state index in [1.807, 2.05) is 0 Å². The summed E-state index contributed by atoms with van der Waals surface area (Å²) in [5.74, 6) is -0.159. The van der Waals surface area contributed by atoms with Gasteiger partial charge in [-0.25, -0.2) is 8.42 Å². The molecule has 0 saturated carbocycles. The predicted molar refractivity (Wildman–Crippen MR) is 106 cm³/mol. The number of ketones is 1. The third-order valence-electron chi connectivity index (χ3n) is 4.26. The number of hydrogen-bond donors (Lipinski definition) is 0.